The standard InChI is InChI=1S/C17H22F2N4O3S/c1-27(25,26)23(14-5-6-15(18)16(19)12-14)10-2-4-17(24)21-7-3-9-22-11-8-20-13-22/h5-6,8,11-13H,2-4,7,9-10H2,1H3,(H,21,24). The van der Waals surface area contributed by atoms with Crippen LogP contribution in [0.2, 0.25) is 0 Å². The normalized spacial score (nSPS) is 11.4. The lowest BCUT2D eigenvalue weighted by Crippen LogP contribution is -2.32. The fourth-order valence-electron chi connectivity index (χ4n) is 2.51. The minimum atomic E-state index is -3.69. The van der Waals surface area contributed by atoms with Crippen molar-refractivity contribution in [2.45, 2.75) is 25.8 Å². The third-order valence-electron chi connectivity index (χ3n) is 3.83. The summed E-state index contributed by atoms with van der Waals surface area (Å²) in [6, 6.07) is 2.89. The molecule has 1 N–H and O–H groups in total. The van der Waals surface area contributed by atoms with Gasteiger partial charge in [-0.05, 0) is 25.0 Å². The summed E-state index contributed by atoms with van der Waals surface area (Å²) in [6.45, 7) is 1.22. The zero-order valence-corrected chi connectivity index (χ0v) is 15.8. The Balaban J connectivity index is 1.79. The number of amides is 1. The van der Waals surface area contributed by atoms with Crippen LogP contribution < -0.4 is 9.62 Å². The van der Waals surface area contributed by atoms with Crippen molar-refractivity contribution in [1.29, 1.82) is 0 Å². The Hall–Kier alpha value is -2.49. The van der Waals surface area contributed by atoms with Crippen molar-refractivity contribution in [2.24, 2.45) is 0 Å². The van der Waals surface area contributed by atoms with Crippen LogP contribution >= 0.6 is 0 Å². The van der Waals surface area contributed by atoms with E-state index in [-0.39, 0.29) is 31.0 Å². The number of sulfonamides is 1. The van der Waals surface area contributed by atoms with Gasteiger partial charge in [0.05, 0.1) is 18.3 Å². The number of halogens is 2. The average Bonchev–Trinajstić information content (AvgIpc) is 3.11. The van der Waals surface area contributed by atoms with E-state index >= 15 is 0 Å². The fraction of sp³-hybridized carbons (Fsp3) is 0.412. The van der Waals surface area contributed by atoms with E-state index in [1.165, 1.54) is 6.07 Å². The maximum atomic E-state index is 13.4. The molecule has 1 aromatic heterocycles. The second kappa shape index (κ2) is 9.45. The summed E-state index contributed by atoms with van der Waals surface area (Å²) in [5.41, 5.74) is 0.0251. The van der Waals surface area contributed by atoms with Crippen LogP contribution in [0.5, 0.6) is 0 Å². The Morgan fingerprint density at radius 1 is 1.26 bits per heavy atom. The molecule has 2 aromatic rings. The van der Waals surface area contributed by atoms with E-state index in [0.29, 0.717) is 6.54 Å². The van der Waals surface area contributed by atoms with Crippen molar-refractivity contribution in [3.63, 3.8) is 0 Å². The first kappa shape index (κ1) is 20.8. The molecule has 1 amide bonds. The van der Waals surface area contributed by atoms with E-state index in [4.69, 9.17) is 0 Å². The van der Waals surface area contributed by atoms with Crippen molar-refractivity contribution in [1.82, 2.24) is 14.9 Å². The van der Waals surface area contributed by atoms with Crippen molar-refractivity contribution in [3.8, 4) is 0 Å². The predicted molar refractivity (Wildman–Crippen MR) is 97.6 cm³/mol. The van der Waals surface area contributed by atoms with E-state index in [2.05, 4.69) is 10.3 Å². The summed E-state index contributed by atoms with van der Waals surface area (Å²) < 4.78 is 53.2. The number of carbonyl (C=O) groups is 1. The second-order valence-electron chi connectivity index (χ2n) is 6.04. The van der Waals surface area contributed by atoms with Gasteiger partial charge in [-0.15, -0.1) is 0 Å². The van der Waals surface area contributed by atoms with Crippen molar-refractivity contribution >= 4 is 21.6 Å². The van der Waals surface area contributed by atoms with Crippen molar-refractivity contribution in [3.05, 3.63) is 48.6 Å². The monoisotopic (exact) mass is 400 g/mol. The van der Waals surface area contributed by atoms with Gasteiger partial charge in [0.25, 0.3) is 0 Å². The number of anilines is 1. The Labute approximate surface area is 157 Å². The first-order valence-electron chi connectivity index (χ1n) is 8.42. The van der Waals surface area contributed by atoms with Crippen LogP contribution in [0.3, 0.4) is 0 Å². The second-order valence-corrected chi connectivity index (χ2v) is 7.95. The van der Waals surface area contributed by atoms with Gasteiger partial charge in [-0.25, -0.2) is 22.2 Å². The van der Waals surface area contributed by atoms with E-state index in [9.17, 15) is 22.0 Å². The fourth-order valence-corrected chi connectivity index (χ4v) is 3.46. The Morgan fingerprint density at radius 2 is 2.04 bits per heavy atom. The highest BCUT2D eigenvalue weighted by atomic mass is 32.2. The van der Waals surface area contributed by atoms with Crippen molar-refractivity contribution < 1.29 is 22.0 Å². The highest BCUT2D eigenvalue weighted by molar-refractivity contribution is 7.92. The molecule has 1 aromatic carbocycles. The third kappa shape index (κ3) is 6.63. The molecule has 2 rings (SSSR count). The number of carbonyl (C=O) groups excluding carboxylic acids is 1. The molecule has 0 radical (unpaired) electrons. The van der Waals surface area contributed by atoms with E-state index in [1.54, 1.807) is 12.5 Å². The van der Waals surface area contributed by atoms with Gasteiger partial charge in [-0.3, -0.25) is 9.10 Å². The summed E-state index contributed by atoms with van der Waals surface area (Å²) in [5.74, 6) is -2.38. The zero-order chi connectivity index (χ0) is 19.9. The number of hydrogen-bond acceptors (Lipinski definition) is 4. The molecule has 0 saturated carbocycles. The van der Waals surface area contributed by atoms with Gasteiger partial charge >= 0.3 is 0 Å². The first-order valence-corrected chi connectivity index (χ1v) is 10.3. The number of benzene rings is 1. The molecule has 0 aliphatic heterocycles. The molecule has 0 bridgehead atoms. The molecule has 10 heteroatoms. The summed E-state index contributed by atoms with van der Waals surface area (Å²) >= 11 is 0. The number of aromatic nitrogens is 2. The minimum absolute atomic E-state index is 0.00758. The highest BCUT2D eigenvalue weighted by Gasteiger charge is 2.19. The lowest BCUT2D eigenvalue weighted by atomic mass is 10.2. The Bertz CT molecular complexity index is 857. The maximum absolute atomic E-state index is 13.4. The number of nitrogens with zero attached hydrogens (tertiary/aromatic N) is 3. The molecule has 27 heavy (non-hydrogen) atoms. The van der Waals surface area contributed by atoms with E-state index in [1.807, 2.05) is 10.8 Å². The molecule has 1 heterocycles. The Morgan fingerprint density at radius 3 is 2.67 bits per heavy atom. The molecule has 0 aliphatic carbocycles. The van der Waals surface area contributed by atoms with Crippen molar-refractivity contribution in [2.75, 3.05) is 23.7 Å². The zero-order valence-electron chi connectivity index (χ0n) is 14.9. The molecule has 0 unspecified atom stereocenters. The quantitative estimate of drug-likeness (QED) is 0.618. The summed E-state index contributed by atoms with van der Waals surface area (Å²) in [4.78, 5) is 15.8. The third-order valence-corrected chi connectivity index (χ3v) is 5.03. The van der Waals surface area contributed by atoms with Gasteiger partial charge in [0.2, 0.25) is 15.9 Å². The molecular weight excluding hydrogens is 378 g/mol. The predicted octanol–water partition coefficient (Wildman–Crippen LogP) is 1.91. The molecule has 7 nitrogen and oxygen atoms in total. The van der Waals surface area contributed by atoms with Crippen LogP contribution in [-0.4, -0.2) is 43.2 Å². The van der Waals surface area contributed by atoms with Crippen LogP contribution in [0, 0.1) is 11.6 Å². The number of aryl methyl sites for hydroxylation is 1. The van der Waals surface area contributed by atoms with Gasteiger partial charge < -0.3 is 9.88 Å². The summed E-state index contributed by atoms with van der Waals surface area (Å²) in [6.07, 6.45) is 7.30. The lowest BCUT2D eigenvalue weighted by molar-refractivity contribution is -0.121. The lowest BCUT2D eigenvalue weighted by Gasteiger charge is -2.22. The molecule has 148 valence electrons. The van der Waals surface area contributed by atoms with Crippen LogP contribution in [0.4, 0.5) is 14.5 Å². The number of imidazole rings is 1. The minimum Gasteiger partial charge on any atom is -0.356 e. The molecule has 0 spiro atoms. The molecular formula is C17H22F2N4O3S. The van der Waals surface area contributed by atoms with Crippen LogP contribution in [0.1, 0.15) is 19.3 Å². The Kier molecular flexibility index (Phi) is 7.28. The summed E-state index contributed by atoms with van der Waals surface area (Å²) in [7, 11) is -3.69. The first-order chi connectivity index (χ1) is 12.8. The molecule has 0 fully saturated rings. The van der Waals surface area contributed by atoms with Crippen LogP contribution in [-0.2, 0) is 21.4 Å². The van der Waals surface area contributed by atoms with Crippen LogP contribution in [0.15, 0.2) is 36.9 Å². The topological polar surface area (TPSA) is 84.3 Å². The van der Waals surface area contributed by atoms with E-state index < -0.39 is 21.7 Å². The maximum Gasteiger partial charge on any atom is 0.232 e. The number of nitrogens with one attached hydrogen (secondary N) is 1. The molecule has 0 atom stereocenters. The van der Waals surface area contributed by atoms with E-state index in [0.717, 1.165) is 35.7 Å². The largest absolute Gasteiger partial charge is 0.356 e. The number of rotatable bonds is 10. The number of hydrogen-bond donors (Lipinski definition) is 1. The smallest absolute Gasteiger partial charge is 0.232 e. The molecule has 0 aliphatic rings. The van der Waals surface area contributed by atoms with Gasteiger partial charge in [-0.1, -0.05) is 0 Å². The average molecular weight is 400 g/mol. The molecule has 0 saturated heterocycles. The SMILES string of the molecule is CS(=O)(=O)N(CCCC(=O)NCCCn1ccnc1)c1ccc(F)c(F)c1. The summed E-state index contributed by atoms with van der Waals surface area (Å²) in [5, 5.41) is 2.76. The van der Waals surface area contributed by atoms with Gasteiger partial charge in [0.15, 0.2) is 11.6 Å². The van der Waals surface area contributed by atoms with Gasteiger partial charge in [0, 0.05) is 44.5 Å². The van der Waals surface area contributed by atoms with Gasteiger partial charge in [-0.2, -0.15) is 0 Å². The van der Waals surface area contributed by atoms with Gasteiger partial charge in [0.1, 0.15) is 0 Å². The van der Waals surface area contributed by atoms with Crippen LogP contribution in [0.25, 0.3) is 0 Å². The highest BCUT2D eigenvalue weighted by Crippen LogP contribution is 2.21.